The van der Waals surface area contributed by atoms with Gasteiger partial charge in [-0.15, -0.1) is 11.3 Å². The van der Waals surface area contributed by atoms with E-state index < -0.39 is 5.97 Å². The quantitative estimate of drug-likeness (QED) is 0.475. The van der Waals surface area contributed by atoms with Crippen LogP contribution in [-0.4, -0.2) is 36.7 Å². The first-order valence-corrected chi connectivity index (χ1v) is 13.7. The van der Waals surface area contributed by atoms with Gasteiger partial charge in [0.15, 0.2) is 0 Å². The van der Waals surface area contributed by atoms with Gasteiger partial charge in [0.1, 0.15) is 4.88 Å². The van der Waals surface area contributed by atoms with Crippen LogP contribution in [0.1, 0.15) is 98.5 Å². The van der Waals surface area contributed by atoms with Crippen molar-refractivity contribution < 1.29 is 19.4 Å². The molecule has 5 nitrogen and oxygen atoms in total. The number of carbonyl (C=O) groups is 2. The second-order valence-corrected chi connectivity index (χ2v) is 11.5. The predicted molar refractivity (Wildman–Crippen MR) is 134 cm³/mol. The van der Waals surface area contributed by atoms with E-state index in [1.807, 2.05) is 11.0 Å². The molecular weight excluding hydrogens is 434 g/mol. The smallest absolute Gasteiger partial charge is 0.348 e. The van der Waals surface area contributed by atoms with Crippen LogP contribution in [0.3, 0.4) is 0 Å². The topological polar surface area (TPSA) is 66.8 Å². The van der Waals surface area contributed by atoms with Crippen LogP contribution in [0.15, 0.2) is 12.1 Å². The number of rotatable bonds is 7. The molecule has 33 heavy (non-hydrogen) atoms. The average molecular weight is 474 g/mol. The van der Waals surface area contributed by atoms with Gasteiger partial charge >= 0.3 is 5.97 Å². The van der Waals surface area contributed by atoms with Crippen LogP contribution in [0.5, 0.6) is 0 Å². The summed E-state index contributed by atoms with van der Waals surface area (Å²) in [4.78, 5) is 29.6. The summed E-state index contributed by atoms with van der Waals surface area (Å²) in [6.07, 6.45) is 14.5. The highest BCUT2D eigenvalue weighted by Gasteiger charge is 2.37. The molecule has 1 amide bonds. The zero-order valence-electron chi connectivity index (χ0n) is 20.2. The molecule has 4 rings (SSSR count). The molecule has 1 N–H and O–H groups in total. The van der Waals surface area contributed by atoms with E-state index in [1.54, 1.807) is 7.11 Å². The molecule has 0 aliphatic heterocycles. The Bertz CT molecular complexity index is 859. The highest BCUT2D eigenvalue weighted by molar-refractivity contribution is 7.15. The molecule has 0 spiro atoms. The normalized spacial score (nSPS) is 28.2. The number of anilines is 1. The number of aromatic carboxylic acids is 1. The van der Waals surface area contributed by atoms with Crippen molar-refractivity contribution in [1.82, 2.24) is 0 Å². The first-order valence-electron chi connectivity index (χ1n) is 12.9. The van der Waals surface area contributed by atoms with Gasteiger partial charge in [0.25, 0.3) is 0 Å². The molecule has 3 aliphatic carbocycles. The molecular formula is C27H39NO4S. The molecule has 0 saturated heterocycles. The van der Waals surface area contributed by atoms with Crippen LogP contribution in [-0.2, 0) is 9.53 Å². The van der Waals surface area contributed by atoms with E-state index >= 15 is 0 Å². The Hall–Kier alpha value is -1.66. The van der Waals surface area contributed by atoms with Crippen LogP contribution < -0.4 is 4.90 Å². The van der Waals surface area contributed by atoms with Gasteiger partial charge in [0.05, 0.1) is 5.69 Å². The van der Waals surface area contributed by atoms with E-state index in [9.17, 15) is 14.7 Å². The molecule has 0 aromatic carbocycles. The number of carbonyl (C=O) groups excluding carboxylic acids is 1. The lowest BCUT2D eigenvalue weighted by Crippen LogP contribution is -2.46. The van der Waals surface area contributed by atoms with Crippen LogP contribution in [0.25, 0.3) is 5.57 Å². The number of carboxylic acid groups (broad SMARTS) is 1. The van der Waals surface area contributed by atoms with Gasteiger partial charge in [-0.25, -0.2) is 4.79 Å². The summed E-state index contributed by atoms with van der Waals surface area (Å²) < 4.78 is 5.37. The first-order chi connectivity index (χ1) is 16.0. The monoisotopic (exact) mass is 473 g/mol. The first kappa shape index (κ1) is 24.5. The highest BCUT2D eigenvalue weighted by atomic mass is 32.1. The molecule has 0 unspecified atom stereocenters. The minimum Gasteiger partial charge on any atom is -0.477 e. The van der Waals surface area contributed by atoms with Gasteiger partial charge < -0.3 is 14.7 Å². The third kappa shape index (κ3) is 5.71. The van der Waals surface area contributed by atoms with Crippen LogP contribution in [0, 0.1) is 17.8 Å². The molecule has 2 fully saturated rings. The fraction of sp³-hybridized carbons (Fsp3) is 0.704. The summed E-state index contributed by atoms with van der Waals surface area (Å²) in [6, 6.07) is 2.10. The maximum Gasteiger partial charge on any atom is 0.348 e. The molecule has 0 radical (unpaired) electrons. The minimum atomic E-state index is -0.916. The van der Waals surface area contributed by atoms with E-state index in [1.165, 1.54) is 23.3 Å². The second kappa shape index (κ2) is 11.2. The SMILES string of the molecule is COC[C@H]1CC[C@H](N(c2cc(C3=CCCCC3)sc2C(=O)O)C(=O)[C@H]2CC[C@H](C)CC2)CC1. The molecule has 1 aromatic heterocycles. The number of nitrogens with zero attached hydrogens (tertiary/aromatic N) is 1. The van der Waals surface area contributed by atoms with Crippen molar-refractivity contribution in [3.8, 4) is 0 Å². The standard InChI is InChI=1S/C27H39NO4S/c1-18-8-12-21(13-9-18)26(29)28(22-14-10-19(11-15-22)17-32-2)23-16-24(33-25(23)27(30)31)20-6-4-3-5-7-20/h6,16,18-19,21-22H,3-5,7-15,17H2,1-2H3,(H,30,31)/t18-,19-,21-,22-. The lowest BCUT2D eigenvalue weighted by atomic mass is 9.81. The van der Waals surface area contributed by atoms with Crippen molar-refractivity contribution in [3.05, 3.63) is 21.9 Å². The third-order valence-electron chi connectivity index (χ3n) is 7.96. The molecule has 0 atom stereocenters. The Balaban J connectivity index is 1.66. The van der Waals surface area contributed by atoms with Crippen molar-refractivity contribution in [2.75, 3.05) is 18.6 Å². The summed E-state index contributed by atoms with van der Waals surface area (Å²) >= 11 is 1.36. The maximum atomic E-state index is 14.0. The molecule has 2 saturated carbocycles. The Labute approximate surface area is 202 Å². The minimum absolute atomic E-state index is 0.0109. The van der Waals surface area contributed by atoms with Crippen LogP contribution in [0.4, 0.5) is 5.69 Å². The number of methoxy groups -OCH3 is 1. The predicted octanol–water partition coefficient (Wildman–Crippen LogP) is 6.77. The fourth-order valence-corrected chi connectivity index (χ4v) is 6.99. The van der Waals surface area contributed by atoms with Crippen molar-refractivity contribution in [2.45, 2.75) is 90.0 Å². The Kier molecular flexibility index (Phi) is 8.29. The van der Waals surface area contributed by atoms with Gasteiger partial charge in [0.2, 0.25) is 5.91 Å². The van der Waals surface area contributed by atoms with Crippen molar-refractivity contribution in [3.63, 3.8) is 0 Å². The van der Waals surface area contributed by atoms with Gasteiger partial charge in [-0.3, -0.25) is 4.79 Å². The van der Waals surface area contributed by atoms with Crippen LogP contribution in [0.2, 0.25) is 0 Å². The average Bonchev–Trinajstić information content (AvgIpc) is 3.27. The molecule has 1 aromatic rings. The number of amides is 1. The van der Waals surface area contributed by atoms with Crippen molar-refractivity contribution in [2.24, 2.45) is 17.8 Å². The number of allylic oxidation sites excluding steroid dienone is 2. The number of thiophene rings is 1. The number of ether oxygens (including phenoxy) is 1. The largest absolute Gasteiger partial charge is 0.477 e. The fourth-order valence-electron chi connectivity index (χ4n) is 5.94. The summed E-state index contributed by atoms with van der Waals surface area (Å²) in [5.41, 5.74) is 1.90. The van der Waals surface area contributed by atoms with Crippen molar-refractivity contribution >= 4 is 34.5 Å². The van der Waals surface area contributed by atoms with E-state index in [0.29, 0.717) is 22.4 Å². The number of hydrogen-bond donors (Lipinski definition) is 1. The molecule has 6 heteroatoms. The third-order valence-corrected chi connectivity index (χ3v) is 9.15. The lowest BCUT2D eigenvalue weighted by Gasteiger charge is -2.39. The van der Waals surface area contributed by atoms with Crippen LogP contribution >= 0.6 is 11.3 Å². The van der Waals surface area contributed by atoms with E-state index in [0.717, 1.165) is 82.1 Å². The Morgan fingerprint density at radius 3 is 2.42 bits per heavy atom. The maximum absolute atomic E-state index is 14.0. The lowest BCUT2D eigenvalue weighted by molar-refractivity contribution is -0.124. The van der Waals surface area contributed by atoms with E-state index in [-0.39, 0.29) is 17.9 Å². The number of carboxylic acids is 1. The zero-order chi connectivity index (χ0) is 23.4. The van der Waals surface area contributed by atoms with Crippen molar-refractivity contribution in [1.29, 1.82) is 0 Å². The summed E-state index contributed by atoms with van der Waals surface area (Å²) in [6.45, 7) is 3.03. The summed E-state index contributed by atoms with van der Waals surface area (Å²) in [5.74, 6) is 0.454. The Morgan fingerprint density at radius 1 is 1.09 bits per heavy atom. The Morgan fingerprint density at radius 2 is 1.82 bits per heavy atom. The van der Waals surface area contributed by atoms with Gasteiger partial charge in [-0.05, 0) is 101 Å². The molecule has 0 bridgehead atoms. The van der Waals surface area contributed by atoms with E-state index in [2.05, 4.69) is 13.0 Å². The number of hydrogen-bond acceptors (Lipinski definition) is 4. The highest BCUT2D eigenvalue weighted by Crippen LogP contribution is 2.42. The molecule has 182 valence electrons. The van der Waals surface area contributed by atoms with Gasteiger partial charge in [-0.1, -0.05) is 13.0 Å². The summed E-state index contributed by atoms with van der Waals surface area (Å²) in [7, 11) is 1.75. The zero-order valence-corrected chi connectivity index (χ0v) is 21.0. The second-order valence-electron chi connectivity index (χ2n) is 10.4. The van der Waals surface area contributed by atoms with E-state index in [4.69, 9.17) is 4.74 Å². The van der Waals surface area contributed by atoms with Gasteiger partial charge in [0, 0.05) is 30.6 Å². The molecule has 1 heterocycles. The van der Waals surface area contributed by atoms with Gasteiger partial charge in [-0.2, -0.15) is 0 Å². The summed E-state index contributed by atoms with van der Waals surface area (Å²) in [5, 5.41) is 10.1. The molecule has 3 aliphatic rings.